The van der Waals surface area contributed by atoms with Crippen molar-refractivity contribution in [2.75, 3.05) is 39.9 Å². The lowest BCUT2D eigenvalue weighted by atomic mass is 10.1. The number of likely N-dealkylation sites (N-methyl/N-ethyl adjacent to an activating group) is 1. The Labute approximate surface area is 115 Å². The summed E-state index contributed by atoms with van der Waals surface area (Å²) >= 11 is 0. The van der Waals surface area contributed by atoms with Crippen molar-refractivity contribution in [2.45, 2.75) is 19.3 Å². The predicted octanol–water partition coefficient (Wildman–Crippen LogP) is 1.67. The van der Waals surface area contributed by atoms with Gasteiger partial charge in [0, 0.05) is 13.0 Å². The molecule has 0 aliphatic carbocycles. The number of hydrogen-bond donors (Lipinski definition) is 1. The van der Waals surface area contributed by atoms with Crippen molar-refractivity contribution < 1.29 is 9.47 Å². The van der Waals surface area contributed by atoms with Gasteiger partial charge >= 0.3 is 0 Å². The first-order chi connectivity index (χ1) is 9.29. The Bertz CT molecular complexity index is 396. The van der Waals surface area contributed by atoms with Gasteiger partial charge < -0.3 is 20.1 Å². The second-order valence-electron chi connectivity index (χ2n) is 5.03. The van der Waals surface area contributed by atoms with Crippen LogP contribution in [0.3, 0.4) is 0 Å². The van der Waals surface area contributed by atoms with Crippen LogP contribution < -0.4 is 15.2 Å². The molecule has 0 amide bonds. The number of nitrogens with zero attached hydrogens (tertiary/aromatic N) is 1. The average molecular weight is 264 g/mol. The van der Waals surface area contributed by atoms with Crippen LogP contribution in [0.5, 0.6) is 11.5 Å². The molecule has 1 heterocycles. The van der Waals surface area contributed by atoms with E-state index in [2.05, 4.69) is 24.1 Å². The third-order valence-corrected chi connectivity index (χ3v) is 3.34. The van der Waals surface area contributed by atoms with Crippen LogP contribution >= 0.6 is 0 Å². The Morgan fingerprint density at radius 1 is 1.16 bits per heavy atom. The molecule has 0 atom stereocenters. The van der Waals surface area contributed by atoms with Gasteiger partial charge in [-0.05, 0) is 50.7 Å². The maximum Gasteiger partial charge on any atom is 0.161 e. The number of fused-ring (bicyclic) bond motifs is 1. The van der Waals surface area contributed by atoms with Crippen molar-refractivity contribution in [1.82, 2.24) is 4.90 Å². The van der Waals surface area contributed by atoms with E-state index in [9.17, 15) is 0 Å². The summed E-state index contributed by atoms with van der Waals surface area (Å²) in [6, 6.07) is 6.26. The fourth-order valence-electron chi connectivity index (χ4n) is 2.16. The molecule has 19 heavy (non-hydrogen) atoms. The van der Waals surface area contributed by atoms with Crippen LogP contribution in [0.25, 0.3) is 0 Å². The van der Waals surface area contributed by atoms with Gasteiger partial charge in [0.05, 0.1) is 13.2 Å². The highest BCUT2D eigenvalue weighted by molar-refractivity contribution is 5.43. The summed E-state index contributed by atoms with van der Waals surface area (Å²) in [5.74, 6) is 1.76. The van der Waals surface area contributed by atoms with Gasteiger partial charge in [0.2, 0.25) is 0 Å². The molecule has 0 fully saturated rings. The van der Waals surface area contributed by atoms with E-state index < -0.39 is 0 Å². The number of rotatable bonds is 6. The molecule has 1 aliphatic rings. The Balaban J connectivity index is 1.89. The first kappa shape index (κ1) is 14.2. The molecule has 2 N–H and O–H groups in total. The Kier molecular flexibility index (Phi) is 5.48. The highest BCUT2D eigenvalue weighted by Gasteiger charge is 2.10. The van der Waals surface area contributed by atoms with Crippen LogP contribution in [-0.4, -0.2) is 44.8 Å². The molecular formula is C15H24N2O2. The molecule has 106 valence electrons. The number of hydrogen-bond acceptors (Lipinski definition) is 4. The normalized spacial score (nSPS) is 14.5. The molecule has 1 aliphatic heterocycles. The zero-order valence-electron chi connectivity index (χ0n) is 11.7. The number of benzene rings is 1. The molecule has 0 aromatic heterocycles. The van der Waals surface area contributed by atoms with Gasteiger partial charge in [0.25, 0.3) is 0 Å². The molecule has 2 rings (SSSR count). The fraction of sp³-hybridized carbons (Fsp3) is 0.600. The lowest BCUT2D eigenvalue weighted by Gasteiger charge is -2.16. The summed E-state index contributed by atoms with van der Waals surface area (Å²) in [7, 11) is 2.14. The van der Waals surface area contributed by atoms with Crippen LogP contribution in [0, 0.1) is 0 Å². The summed E-state index contributed by atoms with van der Waals surface area (Å²) in [5.41, 5.74) is 6.81. The average Bonchev–Trinajstić information content (AvgIpc) is 2.67. The predicted molar refractivity (Wildman–Crippen MR) is 76.9 cm³/mol. The van der Waals surface area contributed by atoms with Gasteiger partial charge in [-0.15, -0.1) is 0 Å². The number of ether oxygens (including phenoxy) is 2. The zero-order chi connectivity index (χ0) is 13.5. The number of nitrogens with two attached hydrogens (primary N) is 1. The van der Waals surface area contributed by atoms with Gasteiger partial charge in [0.1, 0.15) is 0 Å². The van der Waals surface area contributed by atoms with E-state index in [-0.39, 0.29) is 0 Å². The molecule has 1 aromatic carbocycles. The van der Waals surface area contributed by atoms with Crippen molar-refractivity contribution in [3.63, 3.8) is 0 Å². The van der Waals surface area contributed by atoms with Gasteiger partial charge in [-0.25, -0.2) is 0 Å². The molecule has 4 heteroatoms. The second kappa shape index (κ2) is 7.36. The molecule has 0 spiro atoms. The van der Waals surface area contributed by atoms with Gasteiger partial charge in [-0.2, -0.15) is 0 Å². The SMILES string of the molecule is CN(CCCN)CCc1ccc2c(c1)OCCCO2. The molecule has 1 aromatic rings. The van der Waals surface area contributed by atoms with E-state index in [0.717, 1.165) is 63.6 Å². The van der Waals surface area contributed by atoms with Crippen LogP contribution in [-0.2, 0) is 6.42 Å². The minimum Gasteiger partial charge on any atom is -0.490 e. The topological polar surface area (TPSA) is 47.7 Å². The Morgan fingerprint density at radius 3 is 2.74 bits per heavy atom. The smallest absolute Gasteiger partial charge is 0.161 e. The molecule has 0 unspecified atom stereocenters. The third kappa shape index (κ3) is 4.40. The van der Waals surface area contributed by atoms with E-state index in [1.165, 1.54) is 5.56 Å². The van der Waals surface area contributed by atoms with Crippen LogP contribution in [0.1, 0.15) is 18.4 Å². The summed E-state index contributed by atoms with van der Waals surface area (Å²) < 4.78 is 11.3. The Morgan fingerprint density at radius 2 is 1.95 bits per heavy atom. The van der Waals surface area contributed by atoms with Crippen LogP contribution in [0.4, 0.5) is 0 Å². The lowest BCUT2D eigenvalue weighted by molar-refractivity contribution is 0.297. The summed E-state index contributed by atoms with van der Waals surface area (Å²) in [5, 5.41) is 0. The molecular weight excluding hydrogens is 240 g/mol. The summed E-state index contributed by atoms with van der Waals surface area (Å²) in [6.07, 6.45) is 3.03. The lowest BCUT2D eigenvalue weighted by Crippen LogP contribution is -2.24. The zero-order valence-corrected chi connectivity index (χ0v) is 11.7. The van der Waals surface area contributed by atoms with Gasteiger partial charge in [0.15, 0.2) is 11.5 Å². The van der Waals surface area contributed by atoms with Crippen molar-refractivity contribution in [3.05, 3.63) is 23.8 Å². The van der Waals surface area contributed by atoms with Crippen LogP contribution in [0.15, 0.2) is 18.2 Å². The highest BCUT2D eigenvalue weighted by Crippen LogP contribution is 2.30. The Hall–Kier alpha value is -1.26. The molecule has 0 saturated carbocycles. The summed E-state index contributed by atoms with van der Waals surface area (Å²) in [4.78, 5) is 2.32. The van der Waals surface area contributed by atoms with Crippen molar-refractivity contribution in [1.29, 1.82) is 0 Å². The largest absolute Gasteiger partial charge is 0.490 e. The minimum absolute atomic E-state index is 0.743. The van der Waals surface area contributed by atoms with Crippen molar-refractivity contribution in [2.24, 2.45) is 5.73 Å². The van der Waals surface area contributed by atoms with Crippen LogP contribution in [0.2, 0.25) is 0 Å². The second-order valence-corrected chi connectivity index (χ2v) is 5.03. The summed E-state index contributed by atoms with van der Waals surface area (Å²) in [6.45, 7) is 4.34. The van der Waals surface area contributed by atoms with Crippen molar-refractivity contribution >= 4 is 0 Å². The van der Waals surface area contributed by atoms with E-state index in [0.29, 0.717) is 0 Å². The van der Waals surface area contributed by atoms with Gasteiger partial charge in [-0.3, -0.25) is 0 Å². The third-order valence-electron chi connectivity index (χ3n) is 3.34. The van der Waals surface area contributed by atoms with Gasteiger partial charge in [-0.1, -0.05) is 6.07 Å². The monoisotopic (exact) mass is 264 g/mol. The maximum absolute atomic E-state index is 5.71. The molecule has 0 saturated heterocycles. The molecule has 0 radical (unpaired) electrons. The quantitative estimate of drug-likeness (QED) is 0.849. The van der Waals surface area contributed by atoms with E-state index in [1.807, 2.05) is 6.07 Å². The van der Waals surface area contributed by atoms with E-state index >= 15 is 0 Å². The molecule has 0 bridgehead atoms. The first-order valence-electron chi connectivity index (χ1n) is 7.07. The van der Waals surface area contributed by atoms with E-state index in [1.54, 1.807) is 0 Å². The fourth-order valence-corrected chi connectivity index (χ4v) is 2.16. The standard InChI is InChI=1S/C15H24N2O2/c1-17(8-2-7-16)9-6-13-4-5-14-15(12-13)19-11-3-10-18-14/h4-5,12H,2-3,6-11,16H2,1H3. The first-order valence-corrected chi connectivity index (χ1v) is 7.07. The van der Waals surface area contributed by atoms with E-state index in [4.69, 9.17) is 15.2 Å². The molecule has 4 nitrogen and oxygen atoms in total. The minimum atomic E-state index is 0.743. The maximum atomic E-state index is 5.71. The highest BCUT2D eigenvalue weighted by atomic mass is 16.5. The van der Waals surface area contributed by atoms with Crippen molar-refractivity contribution in [3.8, 4) is 11.5 Å².